The molecule has 0 fully saturated rings. The Hall–Kier alpha value is -4.57. The second-order valence-corrected chi connectivity index (χ2v) is 13.3. The van der Waals surface area contributed by atoms with Gasteiger partial charge in [-0.25, -0.2) is 8.42 Å². The Bertz CT molecular complexity index is 2030. The molecule has 5 aromatic carbocycles. The van der Waals surface area contributed by atoms with Crippen molar-refractivity contribution in [2.24, 2.45) is 11.7 Å². The summed E-state index contributed by atoms with van der Waals surface area (Å²) < 4.78 is 35.3. The van der Waals surface area contributed by atoms with Gasteiger partial charge in [0.2, 0.25) is 0 Å². The summed E-state index contributed by atoms with van der Waals surface area (Å²) in [6, 6.07) is 27.0. The van der Waals surface area contributed by atoms with Crippen LogP contribution in [0.3, 0.4) is 0 Å². The number of hydrogen-bond donors (Lipinski definition) is 4. The van der Waals surface area contributed by atoms with Crippen LogP contribution < -0.4 is 20.5 Å². The first kappa shape index (κ1) is 31.8. The molecule has 0 saturated carbocycles. The second kappa shape index (κ2) is 13.2. The van der Waals surface area contributed by atoms with E-state index in [2.05, 4.69) is 10.0 Å². The van der Waals surface area contributed by atoms with Gasteiger partial charge in [-0.05, 0) is 89.0 Å². The molecule has 0 saturated heterocycles. The summed E-state index contributed by atoms with van der Waals surface area (Å²) in [5, 5.41) is 12.8. The number of hydrogen-bond acceptors (Lipinski definition) is 5. The molecule has 5 rings (SSSR count). The normalized spacial score (nSPS) is 11.4. The van der Waals surface area contributed by atoms with Crippen LogP contribution in [-0.2, 0) is 10.0 Å². The molecule has 8 nitrogen and oxygen atoms in total. The third-order valence-electron chi connectivity index (χ3n) is 6.91. The van der Waals surface area contributed by atoms with Crippen LogP contribution in [-0.4, -0.2) is 26.7 Å². The van der Waals surface area contributed by atoms with Crippen LogP contribution in [0.1, 0.15) is 29.8 Å². The van der Waals surface area contributed by atoms with Gasteiger partial charge in [-0.3, -0.25) is 14.9 Å². The monoisotopic (exact) mass is 660 g/mol. The summed E-state index contributed by atoms with van der Waals surface area (Å²) in [6.07, 6.45) is 0. The van der Waals surface area contributed by atoms with Crippen molar-refractivity contribution in [3.05, 3.63) is 118 Å². The number of nitrogens with one attached hydrogen (secondary N) is 3. The van der Waals surface area contributed by atoms with E-state index in [0.29, 0.717) is 46.2 Å². The number of halogens is 2. The zero-order valence-electron chi connectivity index (χ0n) is 24.4. The molecular weight excluding hydrogens is 631 g/mol. The average molecular weight is 662 g/mol. The number of carbonyl (C=O) groups is 1. The third kappa shape index (κ3) is 7.57. The molecule has 230 valence electrons. The van der Waals surface area contributed by atoms with Crippen LogP contribution in [0.25, 0.3) is 21.9 Å². The topological polar surface area (TPSA) is 134 Å². The summed E-state index contributed by atoms with van der Waals surface area (Å²) >= 11 is 12.0. The molecule has 0 spiro atoms. The Morgan fingerprint density at radius 3 is 2.22 bits per heavy atom. The Morgan fingerprint density at radius 1 is 0.844 bits per heavy atom. The molecule has 5 aromatic rings. The average Bonchev–Trinajstić information content (AvgIpc) is 3.01. The van der Waals surface area contributed by atoms with E-state index < -0.39 is 10.0 Å². The number of benzene rings is 5. The minimum absolute atomic E-state index is 0.0137. The van der Waals surface area contributed by atoms with E-state index in [-0.39, 0.29) is 32.4 Å². The smallest absolute Gasteiger partial charge is 0.261 e. The van der Waals surface area contributed by atoms with E-state index in [1.165, 1.54) is 18.2 Å². The fraction of sp³-hybridized carbons (Fsp3) is 0.118. The Balaban J connectivity index is 1.50. The minimum Gasteiger partial charge on any atom is -0.457 e. The maximum Gasteiger partial charge on any atom is 0.261 e. The first-order valence-corrected chi connectivity index (χ1v) is 16.2. The van der Waals surface area contributed by atoms with E-state index in [4.69, 9.17) is 39.1 Å². The Kier molecular flexibility index (Phi) is 9.34. The maximum absolute atomic E-state index is 13.2. The number of carbonyl (C=O) groups excluding carboxylic acids is 1. The molecule has 1 amide bonds. The summed E-state index contributed by atoms with van der Waals surface area (Å²) in [7, 11) is -4.00. The molecule has 0 heterocycles. The van der Waals surface area contributed by atoms with Gasteiger partial charge in [0.1, 0.15) is 17.3 Å². The number of rotatable bonds is 10. The van der Waals surface area contributed by atoms with Crippen molar-refractivity contribution in [2.75, 3.05) is 11.3 Å². The summed E-state index contributed by atoms with van der Waals surface area (Å²) in [6.45, 7) is 4.60. The highest BCUT2D eigenvalue weighted by Gasteiger charge is 2.18. The Labute approximate surface area is 271 Å². The fourth-order valence-electron chi connectivity index (χ4n) is 4.55. The first-order chi connectivity index (χ1) is 21.4. The molecule has 0 atom stereocenters. The van der Waals surface area contributed by atoms with Crippen molar-refractivity contribution in [3.63, 3.8) is 0 Å². The van der Waals surface area contributed by atoms with Gasteiger partial charge in [-0.2, -0.15) is 0 Å². The molecule has 0 unspecified atom stereocenters. The van der Waals surface area contributed by atoms with Crippen LogP contribution in [0.2, 0.25) is 10.0 Å². The molecule has 0 bridgehead atoms. The highest BCUT2D eigenvalue weighted by Crippen LogP contribution is 2.37. The van der Waals surface area contributed by atoms with E-state index in [9.17, 15) is 13.2 Å². The van der Waals surface area contributed by atoms with Gasteiger partial charge in [-0.15, -0.1) is 0 Å². The van der Waals surface area contributed by atoms with Crippen molar-refractivity contribution in [1.82, 2.24) is 5.32 Å². The molecule has 0 aliphatic carbocycles. The van der Waals surface area contributed by atoms with E-state index in [1.54, 1.807) is 54.6 Å². The highest BCUT2D eigenvalue weighted by molar-refractivity contribution is 7.92. The van der Waals surface area contributed by atoms with Gasteiger partial charge < -0.3 is 15.8 Å². The molecule has 5 N–H and O–H groups in total. The largest absolute Gasteiger partial charge is 0.457 e. The second-order valence-electron chi connectivity index (χ2n) is 10.8. The fourth-order valence-corrected chi connectivity index (χ4v) is 5.99. The van der Waals surface area contributed by atoms with Gasteiger partial charge in [0.25, 0.3) is 15.9 Å². The number of anilines is 1. The van der Waals surface area contributed by atoms with Crippen LogP contribution in [0.5, 0.6) is 11.5 Å². The summed E-state index contributed by atoms with van der Waals surface area (Å²) in [5.41, 5.74) is 8.34. The lowest BCUT2D eigenvalue weighted by Gasteiger charge is -2.16. The van der Waals surface area contributed by atoms with Crippen LogP contribution in [0.15, 0.2) is 102 Å². The van der Waals surface area contributed by atoms with Crippen molar-refractivity contribution < 1.29 is 17.9 Å². The van der Waals surface area contributed by atoms with E-state index in [1.807, 2.05) is 38.1 Å². The van der Waals surface area contributed by atoms with E-state index >= 15 is 0 Å². The maximum atomic E-state index is 13.2. The molecule has 0 aromatic heterocycles. The SMILES string of the molecule is CC(C)CNC(=O)c1ccc(-c2cc(NS(=O)(=O)c3ccc(Cl)c(Cl)c3)ccc2Oc2ccc3cc(C(=N)N)ccc3c2)cc1. The van der Waals surface area contributed by atoms with Gasteiger partial charge in [0, 0.05) is 28.9 Å². The molecule has 0 aliphatic rings. The number of fused-ring (bicyclic) bond motifs is 1. The molecule has 45 heavy (non-hydrogen) atoms. The lowest BCUT2D eigenvalue weighted by molar-refractivity contribution is 0.0949. The number of nitrogen functional groups attached to an aromatic ring is 1. The number of sulfonamides is 1. The van der Waals surface area contributed by atoms with Crippen molar-refractivity contribution in [2.45, 2.75) is 18.7 Å². The van der Waals surface area contributed by atoms with E-state index in [0.717, 1.165) is 10.8 Å². The van der Waals surface area contributed by atoms with Crippen molar-refractivity contribution in [3.8, 4) is 22.6 Å². The van der Waals surface area contributed by atoms with Gasteiger partial charge in [0.15, 0.2) is 0 Å². The number of amides is 1. The number of nitrogens with two attached hydrogens (primary N) is 1. The van der Waals surface area contributed by atoms with Gasteiger partial charge in [-0.1, -0.05) is 67.4 Å². The lowest BCUT2D eigenvalue weighted by Crippen LogP contribution is -2.27. The zero-order valence-corrected chi connectivity index (χ0v) is 26.7. The molecular formula is C34H30Cl2N4O4S. The van der Waals surface area contributed by atoms with Crippen LogP contribution >= 0.6 is 23.2 Å². The number of ether oxygens (including phenoxy) is 1. The van der Waals surface area contributed by atoms with Crippen molar-refractivity contribution >= 4 is 61.4 Å². The summed E-state index contributed by atoms with van der Waals surface area (Å²) in [4.78, 5) is 12.6. The number of amidine groups is 1. The van der Waals surface area contributed by atoms with Gasteiger partial charge in [0.05, 0.1) is 14.9 Å². The molecule has 11 heteroatoms. The summed E-state index contributed by atoms with van der Waals surface area (Å²) in [5.74, 6) is 1.13. The van der Waals surface area contributed by atoms with Crippen LogP contribution in [0, 0.1) is 11.3 Å². The standard InChI is InChI=1S/C34H30Cl2N4O4S/c1-20(2)19-39-34(41)22-5-3-21(4-6-22)29-17-26(40-45(42,43)28-12-13-30(35)31(36)18-28)10-14-32(29)44-27-11-9-23-15-25(33(37)38)8-7-24(23)16-27/h3-18,20,40H,19H2,1-2H3,(H3,37,38)(H,39,41). The predicted molar refractivity (Wildman–Crippen MR) is 181 cm³/mol. The molecule has 0 aliphatic heterocycles. The first-order valence-electron chi connectivity index (χ1n) is 14.0. The minimum atomic E-state index is -4.00. The van der Waals surface area contributed by atoms with Crippen molar-refractivity contribution in [1.29, 1.82) is 5.41 Å². The lowest BCUT2D eigenvalue weighted by atomic mass is 10.0. The zero-order chi connectivity index (χ0) is 32.3. The molecule has 0 radical (unpaired) electrons. The quantitative estimate of drug-likeness (QED) is 0.0887. The third-order valence-corrected chi connectivity index (χ3v) is 9.03. The van der Waals surface area contributed by atoms with Crippen LogP contribution in [0.4, 0.5) is 5.69 Å². The Morgan fingerprint density at radius 2 is 1.53 bits per heavy atom. The highest BCUT2D eigenvalue weighted by atomic mass is 35.5. The predicted octanol–water partition coefficient (Wildman–Crippen LogP) is 8.08. The van der Waals surface area contributed by atoms with Gasteiger partial charge >= 0.3 is 0 Å².